The molecule has 6 heteroatoms. The number of nitrogens with zero attached hydrogens (tertiary/aromatic N) is 1. The summed E-state index contributed by atoms with van der Waals surface area (Å²) >= 11 is 3.46. The fourth-order valence-corrected chi connectivity index (χ4v) is 3.24. The Balaban J connectivity index is 1.63. The minimum absolute atomic E-state index is 0.149. The first kappa shape index (κ1) is 16.8. The average molecular weight is 393 g/mol. The van der Waals surface area contributed by atoms with Crippen LogP contribution in [0.2, 0.25) is 0 Å². The van der Waals surface area contributed by atoms with E-state index in [1.807, 2.05) is 12.1 Å². The number of carbonyl (C=O) groups excluding carboxylic acids is 1. The van der Waals surface area contributed by atoms with E-state index >= 15 is 0 Å². The van der Waals surface area contributed by atoms with Crippen LogP contribution in [0.1, 0.15) is 16.7 Å². The van der Waals surface area contributed by atoms with Crippen molar-refractivity contribution >= 4 is 22.0 Å². The Morgan fingerprint density at radius 1 is 1.29 bits per heavy atom. The van der Waals surface area contributed by atoms with Crippen LogP contribution in [0.5, 0.6) is 5.75 Å². The van der Waals surface area contributed by atoms with Gasteiger partial charge in [0.05, 0.1) is 7.11 Å². The van der Waals surface area contributed by atoms with Gasteiger partial charge >= 0.3 is 6.03 Å². The summed E-state index contributed by atoms with van der Waals surface area (Å²) in [6.07, 6.45) is 0.837. The highest BCUT2D eigenvalue weighted by Crippen LogP contribution is 2.23. The second kappa shape index (κ2) is 7.21. The zero-order chi connectivity index (χ0) is 17.1. The van der Waals surface area contributed by atoms with Gasteiger partial charge in [-0.1, -0.05) is 22.0 Å². The Kier molecular flexibility index (Phi) is 5.04. The molecule has 3 rings (SSSR count). The molecule has 2 amide bonds. The Morgan fingerprint density at radius 2 is 2.12 bits per heavy atom. The molecule has 0 atom stereocenters. The van der Waals surface area contributed by atoms with Crippen LogP contribution in [0, 0.1) is 5.82 Å². The van der Waals surface area contributed by atoms with Crippen molar-refractivity contribution in [3.05, 3.63) is 63.4 Å². The molecule has 0 aliphatic carbocycles. The van der Waals surface area contributed by atoms with Crippen LogP contribution in [0.4, 0.5) is 9.18 Å². The lowest BCUT2D eigenvalue weighted by atomic mass is 10.0. The van der Waals surface area contributed by atoms with E-state index < -0.39 is 0 Å². The Hall–Kier alpha value is -2.08. The standard InChI is InChI=1S/C18H18BrFN2O2/c1-24-17-7-12(6-16(20)9-17)10-21-18(23)22-5-4-13-2-3-15(19)8-14(13)11-22/h2-3,6-9H,4-5,10-11H2,1H3,(H,21,23). The van der Waals surface area contributed by atoms with Crippen molar-refractivity contribution in [3.63, 3.8) is 0 Å². The monoisotopic (exact) mass is 392 g/mol. The molecule has 1 aliphatic heterocycles. The number of methoxy groups -OCH3 is 1. The highest BCUT2D eigenvalue weighted by atomic mass is 79.9. The molecule has 0 aromatic heterocycles. The van der Waals surface area contributed by atoms with Crippen molar-refractivity contribution in [2.24, 2.45) is 0 Å². The Labute approximate surface area is 148 Å². The van der Waals surface area contributed by atoms with Gasteiger partial charge in [-0.2, -0.15) is 0 Å². The summed E-state index contributed by atoms with van der Waals surface area (Å²) < 4.78 is 19.5. The van der Waals surface area contributed by atoms with Crippen LogP contribution >= 0.6 is 15.9 Å². The van der Waals surface area contributed by atoms with Crippen molar-refractivity contribution in [3.8, 4) is 5.75 Å². The minimum Gasteiger partial charge on any atom is -0.497 e. The molecule has 0 bridgehead atoms. The number of carbonyl (C=O) groups is 1. The molecule has 0 saturated carbocycles. The summed E-state index contributed by atoms with van der Waals surface area (Å²) in [5, 5.41) is 2.85. The maximum atomic E-state index is 13.5. The van der Waals surface area contributed by atoms with Crippen molar-refractivity contribution in [1.82, 2.24) is 10.2 Å². The maximum Gasteiger partial charge on any atom is 0.317 e. The molecular formula is C18H18BrFN2O2. The summed E-state index contributed by atoms with van der Waals surface area (Å²) in [7, 11) is 1.49. The van der Waals surface area contributed by atoms with E-state index in [1.54, 1.807) is 11.0 Å². The fraction of sp³-hybridized carbons (Fsp3) is 0.278. The van der Waals surface area contributed by atoms with Crippen molar-refractivity contribution in [2.75, 3.05) is 13.7 Å². The first-order valence-electron chi connectivity index (χ1n) is 7.68. The van der Waals surface area contributed by atoms with E-state index in [-0.39, 0.29) is 18.4 Å². The predicted octanol–water partition coefficient (Wildman–Crippen LogP) is 3.86. The number of hydrogen-bond donors (Lipinski definition) is 1. The van der Waals surface area contributed by atoms with Crippen molar-refractivity contribution in [2.45, 2.75) is 19.5 Å². The van der Waals surface area contributed by atoms with Crippen LogP contribution in [-0.4, -0.2) is 24.6 Å². The number of halogens is 2. The van der Waals surface area contributed by atoms with Gasteiger partial charge in [-0.3, -0.25) is 0 Å². The zero-order valence-corrected chi connectivity index (χ0v) is 14.9. The molecule has 2 aromatic carbocycles. The van der Waals surface area contributed by atoms with E-state index in [2.05, 4.69) is 27.3 Å². The molecule has 1 aliphatic rings. The summed E-state index contributed by atoms with van der Waals surface area (Å²) in [5.41, 5.74) is 3.09. The zero-order valence-electron chi connectivity index (χ0n) is 13.3. The summed E-state index contributed by atoms with van der Waals surface area (Å²) in [5.74, 6) is 0.0614. The number of ether oxygens (including phenoxy) is 1. The number of urea groups is 1. The topological polar surface area (TPSA) is 41.6 Å². The Bertz CT molecular complexity index is 767. The third kappa shape index (κ3) is 3.87. The van der Waals surface area contributed by atoms with Gasteiger partial charge in [-0.25, -0.2) is 9.18 Å². The molecule has 24 heavy (non-hydrogen) atoms. The third-order valence-corrected chi connectivity index (χ3v) is 4.57. The fourth-order valence-electron chi connectivity index (χ4n) is 2.83. The van der Waals surface area contributed by atoms with E-state index in [1.165, 1.54) is 24.8 Å². The van der Waals surface area contributed by atoms with Gasteiger partial charge in [0.1, 0.15) is 11.6 Å². The normalized spacial score (nSPS) is 13.4. The van der Waals surface area contributed by atoms with Gasteiger partial charge in [0, 0.05) is 30.2 Å². The van der Waals surface area contributed by atoms with Gasteiger partial charge in [0.2, 0.25) is 0 Å². The number of nitrogens with one attached hydrogen (secondary N) is 1. The highest BCUT2D eigenvalue weighted by Gasteiger charge is 2.20. The van der Waals surface area contributed by atoms with Crippen molar-refractivity contribution in [1.29, 1.82) is 0 Å². The summed E-state index contributed by atoms with van der Waals surface area (Å²) in [4.78, 5) is 14.2. The van der Waals surface area contributed by atoms with Crippen LogP contribution in [0.25, 0.3) is 0 Å². The van der Waals surface area contributed by atoms with Gasteiger partial charge in [-0.15, -0.1) is 0 Å². The third-order valence-electron chi connectivity index (χ3n) is 4.08. The second-order valence-electron chi connectivity index (χ2n) is 5.74. The van der Waals surface area contributed by atoms with Gasteiger partial charge in [0.25, 0.3) is 0 Å². The number of rotatable bonds is 3. The summed E-state index contributed by atoms with van der Waals surface area (Å²) in [6, 6.07) is 10.4. The SMILES string of the molecule is COc1cc(F)cc(CNC(=O)N2CCc3ccc(Br)cc3C2)c1. The Morgan fingerprint density at radius 3 is 2.92 bits per heavy atom. The molecule has 0 radical (unpaired) electrons. The van der Waals surface area contributed by atoms with Crippen LogP contribution in [-0.2, 0) is 19.5 Å². The summed E-state index contributed by atoms with van der Waals surface area (Å²) in [6.45, 7) is 1.51. The molecule has 0 fully saturated rings. The van der Waals surface area contributed by atoms with Gasteiger partial charge < -0.3 is 15.0 Å². The van der Waals surface area contributed by atoms with E-state index in [0.29, 0.717) is 24.4 Å². The first-order valence-corrected chi connectivity index (χ1v) is 8.48. The van der Waals surface area contributed by atoms with E-state index in [0.717, 1.165) is 16.5 Å². The molecule has 1 heterocycles. The number of fused-ring (bicyclic) bond motifs is 1. The van der Waals surface area contributed by atoms with E-state index in [9.17, 15) is 9.18 Å². The highest BCUT2D eigenvalue weighted by molar-refractivity contribution is 9.10. The van der Waals surface area contributed by atoms with Gasteiger partial charge in [0.15, 0.2) is 0 Å². The molecule has 4 nitrogen and oxygen atoms in total. The maximum absolute atomic E-state index is 13.5. The van der Waals surface area contributed by atoms with Gasteiger partial charge in [-0.05, 0) is 47.4 Å². The molecule has 1 N–H and O–H groups in total. The molecule has 0 unspecified atom stereocenters. The van der Waals surface area contributed by atoms with E-state index in [4.69, 9.17) is 4.74 Å². The minimum atomic E-state index is -0.379. The first-order chi connectivity index (χ1) is 11.5. The molecule has 0 spiro atoms. The molecule has 2 aromatic rings. The van der Waals surface area contributed by atoms with Crippen LogP contribution < -0.4 is 10.1 Å². The van der Waals surface area contributed by atoms with Crippen LogP contribution in [0.15, 0.2) is 40.9 Å². The molecule has 0 saturated heterocycles. The lowest BCUT2D eigenvalue weighted by Gasteiger charge is -2.29. The number of benzene rings is 2. The molecular weight excluding hydrogens is 375 g/mol. The molecule has 126 valence electrons. The second-order valence-corrected chi connectivity index (χ2v) is 6.66. The lowest BCUT2D eigenvalue weighted by Crippen LogP contribution is -2.42. The average Bonchev–Trinajstić information content (AvgIpc) is 2.58. The number of hydrogen-bond acceptors (Lipinski definition) is 2. The smallest absolute Gasteiger partial charge is 0.317 e. The van der Waals surface area contributed by atoms with Crippen molar-refractivity contribution < 1.29 is 13.9 Å². The lowest BCUT2D eigenvalue weighted by molar-refractivity contribution is 0.192. The largest absolute Gasteiger partial charge is 0.497 e. The number of amides is 2. The quantitative estimate of drug-likeness (QED) is 0.861. The predicted molar refractivity (Wildman–Crippen MR) is 93.4 cm³/mol. The van der Waals surface area contributed by atoms with Crippen LogP contribution in [0.3, 0.4) is 0 Å².